The molecule has 0 aliphatic carbocycles. The Bertz CT molecular complexity index is 606. The number of carbonyl (C=O) groups excluding carboxylic acids is 2. The van der Waals surface area contributed by atoms with E-state index in [9.17, 15) is 9.59 Å². The van der Waals surface area contributed by atoms with Crippen molar-refractivity contribution < 1.29 is 14.3 Å². The number of hydrogen-bond acceptors (Lipinski definition) is 4. The van der Waals surface area contributed by atoms with Crippen LogP contribution in [0.5, 0.6) is 0 Å². The molecule has 1 heterocycles. The lowest BCUT2D eigenvalue weighted by molar-refractivity contribution is -0.137. The molecule has 6 nitrogen and oxygen atoms in total. The van der Waals surface area contributed by atoms with E-state index >= 15 is 0 Å². The van der Waals surface area contributed by atoms with Crippen molar-refractivity contribution in [1.29, 1.82) is 0 Å². The third kappa shape index (κ3) is 5.96. The first-order valence-electron chi connectivity index (χ1n) is 9.95. The highest BCUT2D eigenvalue weighted by Crippen LogP contribution is 2.20. The predicted octanol–water partition coefficient (Wildman–Crippen LogP) is 3.01. The lowest BCUT2D eigenvalue weighted by Gasteiger charge is -2.40. The largest absolute Gasteiger partial charge is 0.445 e. The molecule has 1 aliphatic heterocycles. The fraction of sp³-hybridized carbons (Fsp3) is 0.619. The average Bonchev–Trinajstić information content (AvgIpc) is 2.70. The van der Waals surface area contributed by atoms with Crippen LogP contribution in [0.25, 0.3) is 0 Å². The summed E-state index contributed by atoms with van der Waals surface area (Å²) in [5.74, 6) is 0.0848. The highest BCUT2D eigenvalue weighted by Gasteiger charge is 2.33. The van der Waals surface area contributed by atoms with Gasteiger partial charge in [-0.1, -0.05) is 44.2 Å². The Balaban J connectivity index is 1.97. The molecule has 2 amide bonds. The molecule has 150 valence electrons. The number of likely N-dealkylation sites (N-methyl/N-ethyl adjacent to an activating group) is 1. The van der Waals surface area contributed by atoms with Gasteiger partial charge in [0.2, 0.25) is 5.91 Å². The predicted molar refractivity (Wildman–Crippen MR) is 106 cm³/mol. The van der Waals surface area contributed by atoms with Crippen LogP contribution in [0.4, 0.5) is 4.79 Å². The first-order chi connectivity index (χ1) is 12.9. The number of carbonyl (C=O) groups is 2. The molecule has 6 heteroatoms. The molecule has 0 saturated carbocycles. The molecule has 0 unspecified atom stereocenters. The van der Waals surface area contributed by atoms with Gasteiger partial charge in [-0.2, -0.15) is 0 Å². The van der Waals surface area contributed by atoms with Gasteiger partial charge in [0.1, 0.15) is 6.61 Å². The number of piperidine rings is 1. The van der Waals surface area contributed by atoms with Gasteiger partial charge < -0.3 is 20.3 Å². The third-order valence-electron chi connectivity index (χ3n) is 5.19. The minimum atomic E-state index is -0.495. The van der Waals surface area contributed by atoms with Gasteiger partial charge in [0.15, 0.2) is 0 Å². The molecule has 1 aliphatic rings. The Hall–Kier alpha value is -2.08. The monoisotopic (exact) mass is 375 g/mol. The minimum Gasteiger partial charge on any atom is -0.445 e. The number of hydrogen-bond donors (Lipinski definition) is 1. The fourth-order valence-electron chi connectivity index (χ4n) is 3.35. The van der Waals surface area contributed by atoms with Crippen LogP contribution in [-0.4, -0.2) is 53.5 Å². The first kappa shape index (κ1) is 21.2. The second-order valence-corrected chi connectivity index (χ2v) is 7.53. The fourth-order valence-corrected chi connectivity index (χ4v) is 3.35. The first-order valence-corrected chi connectivity index (χ1v) is 9.95. The van der Waals surface area contributed by atoms with Crippen LogP contribution in [0.2, 0.25) is 0 Å². The Morgan fingerprint density at radius 3 is 2.59 bits per heavy atom. The number of ether oxygens (including phenoxy) is 1. The zero-order valence-electron chi connectivity index (χ0n) is 16.8. The van der Waals surface area contributed by atoms with E-state index in [4.69, 9.17) is 10.5 Å². The van der Waals surface area contributed by atoms with Crippen LogP contribution in [0.15, 0.2) is 30.3 Å². The van der Waals surface area contributed by atoms with E-state index in [1.807, 2.05) is 56.0 Å². The van der Waals surface area contributed by atoms with Crippen LogP contribution < -0.4 is 5.73 Å². The highest BCUT2D eigenvalue weighted by atomic mass is 16.6. The molecule has 1 fully saturated rings. The van der Waals surface area contributed by atoms with Gasteiger partial charge in [0, 0.05) is 25.7 Å². The minimum absolute atomic E-state index is 0.000255. The van der Waals surface area contributed by atoms with Gasteiger partial charge in [-0.05, 0) is 37.7 Å². The van der Waals surface area contributed by atoms with Gasteiger partial charge >= 0.3 is 6.09 Å². The molecule has 2 atom stereocenters. The van der Waals surface area contributed by atoms with Gasteiger partial charge in [-0.3, -0.25) is 4.79 Å². The van der Waals surface area contributed by atoms with Crippen molar-refractivity contribution in [1.82, 2.24) is 9.80 Å². The van der Waals surface area contributed by atoms with E-state index in [0.29, 0.717) is 19.6 Å². The molecule has 2 N–H and O–H groups in total. The summed E-state index contributed by atoms with van der Waals surface area (Å²) in [6.45, 7) is 7.84. The topological polar surface area (TPSA) is 75.9 Å². The lowest BCUT2D eigenvalue weighted by Crippen LogP contribution is -2.55. The molecule has 0 bridgehead atoms. The maximum atomic E-state index is 12.8. The van der Waals surface area contributed by atoms with E-state index in [1.54, 1.807) is 4.90 Å². The van der Waals surface area contributed by atoms with Crippen molar-refractivity contribution in [3.05, 3.63) is 35.9 Å². The Morgan fingerprint density at radius 1 is 1.26 bits per heavy atom. The SMILES string of the molecule is CCN(C[C@@H]1CCCCN1C(=O)[C@@H](N)C(C)C)C(=O)OCc1ccccc1. The van der Waals surface area contributed by atoms with E-state index in [0.717, 1.165) is 24.8 Å². The molecule has 0 radical (unpaired) electrons. The maximum Gasteiger partial charge on any atom is 0.410 e. The van der Waals surface area contributed by atoms with Crippen molar-refractivity contribution in [3.63, 3.8) is 0 Å². The van der Waals surface area contributed by atoms with Crippen LogP contribution in [0.1, 0.15) is 45.6 Å². The summed E-state index contributed by atoms with van der Waals surface area (Å²) < 4.78 is 5.46. The average molecular weight is 376 g/mol. The molecule has 0 aromatic heterocycles. The Labute approximate surface area is 162 Å². The van der Waals surface area contributed by atoms with Gasteiger partial charge in [-0.25, -0.2) is 4.79 Å². The van der Waals surface area contributed by atoms with Gasteiger partial charge in [-0.15, -0.1) is 0 Å². The van der Waals surface area contributed by atoms with Crippen molar-refractivity contribution in [3.8, 4) is 0 Å². The summed E-state index contributed by atoms with van der Waals surface area (Å²) in [5, 5.41) is 0. The van der Waals surface area contributed by atoms with E-state index in [1.165, 1.54) is 0 Å². The van der Waals surface area contributed by atoms with E-state index in [2.05, 4.69) is 0 Å². The normalized spacial score (nSPS) is 18.3. The summed E-state index contributed by atoms with van der Waals surface area (Å²) in [5.41, 5.74) is 7.05. The number of rotatable bonds is 7. The summed E-state index contributed by atoms with van der Waals surface area (Å²) in [6, 6.07) is 9.14. The van der Waals surface area contributed by atoms with Crippen molar-refractivity contribution in [2.45, 2.75) is 58.7 Å². The molecule has 1 aromatic carbocycles. The number of nitrogens with zero attached hydrogens (tertiary/aromatic N) is 2. The molecule has 1 aromatic rings. The van der Waals surface area contributed by atoms with Crippen LogP contribution in [-0.2, 0) is 16.1 Å². The third-order valence-corrected chi connectivity index (χ3v) is 5.19. The number of likely N-dealkylation sites (tertiary alicyclic amines) is 1. The molecule has 1 saturated heterocycles. The Morgan fingerprint density at radius 2 is 1.96 bits per heavy atom. The number of amides is 2. The zero-order chi connectivity index (χ0) is 19.8. The van der Waals surface area contributed by atoms with Crippen LogP contribution in [0.3, 0.4) is 0 Å². The molecular formula is C21H33N3O3. The standard InChI is InChI=1S/C21H33N3O3/c1-4-23(21(26)27-15-17-10-6-5-7-11-17)14-18-12-8-9-13-24(18)20(25)19(22)16(2)3/h5-7,10-11,16,18-19H,4,8-9,12-15,22H2,1-3H3/t18-,19-/m0/s1. The van der Waals surface area contributed by atoms with Gasteiger partial charge in [0.05, 0.1) is 6.04 Å². The smallest absolute Gasteiger partial charge is 0.410 e. The molecular weight excluding hydrogens is 342 g/mol. The van der Waals surface area contributed by atoms with Crippen LogP contribution >= 0.6 is 0 Å². The Kier molecular flexibility index (Phi) is 8.10. The van der Waals surface area contributed by atoms with E-state index < -0.39 is 6.04 Å². The highest BCUT2D eigenvalue weighted by molar-refractivity contribution is 5.82. The molecule has 0 spiro atoms. The zero-order valence-corrected chi connectivity index (χ0v) is 16.8. The molecule has 2 rings (SSSR count). The second-order valence-electron chi connectivity index (χ2n) is 7.53. The maximum absolute atomic E-state index is 12.8. The number of nitrogens with two attached hydrogens (primary N) is 1. The summed E-state index contributed by atoms with van der Waals surface area (Å²) in [6.07, 6.45) is 2.59. The van der Waals surface area contributed by atoms with Crippen molar-refractivity contribution >= 4 is 12.0 Å². The summed E-state index contributed by atoms with van der Waals surface area (Å²) >= 11 is 0. The van der Waals surface area contributed by atoms with Gasteiger partial charge in [0.25, 0.3) is 0 Å². The summed E-state index contributed by atoms with van der Waals surface area (Å²) in [7, 11) is 0. The van der Waals surface area contributed by atoms with E-state index in [-0.39, 0.29) is 30.6 Å². The lowest BCUT2D eigenvalue weighted by atomic mass is 9.97. The number of benzene rings is 1. The second kappa shape index (κ2) is 10.3. The molecule has 27 heavy (non-hydrogen) atoms. The quantitative estimate of drug-likeness (QED) is 0.795. The van der Waals surface area contributed by atoms with Crippen LogP contribution in [0, 0.1) is 5.92 Å². The van der Waals surface area contributed by atoms with Crippen molar-refractivity contribution in [2.75, 3.05) is 19.6 Å². The summed E-state index contributed by atoms with van der Waals surface area (Å²) in [4.78, 5) is 28.8. The van der Waals surface area contributed by atoms with Crippen molar-refractivity contribution in [2.24, 2.45) is 11.7 Å².